The highest BCUT2D eigenvalue weighted by atomic mass is 16.3. The maximum atomic E-state index is 10.1. The van der Waals surface area contributed by atoms with Crippen molar-refractivity contribution < 1.29 is 5.11 Å². The van der Waals surface area contributed by atoms with Gasteiger partial charge in [0.05, 0.1) is 5.60 Å². The normalized spacial score (nSPS) is 42.9. The summed E-state index contributed by atoms with van der Waals surface area (Å²) in [5, 5.41) is 10.1. The smallest absolute Gasteiger partial charge is 0.0648 e. The van der Waals surface area contributed by atoms with Crippen molar-refractivity contribution in [2.45, 2.75) is 71.3 Å². The third-order valence-electron chi connectivity index (χ3n) is 4.27. The molecule has 14 heavy (non-hydrogen) atoms. The van der Waals surface area contributed by atoms with Crippen molar-refractivity contribution in [1.29, 1.82) is 0 Å². The van der Waals surface area contributed by atoms with Gasteiger partial charge < -0.3 is 5.11 Å². The molecule has 0 heterocycles. The van der Waals surface area contributed by atoms with Crippen LogP contribution in [0.5, 0.6) is 0 Å². The van der Waals surface area contributed by atoms with Crippen molar-refractivity contribution in [3.05, 3.63) is 0 Å². The lowest BCUT2D eigenvalue weighted by atomic mass is 9.55. The monoisotopic (exact) mass is 196 g/mol. The number of rotatable bonds is 1. The van der Waals surface area contributed by atoms with Gasteiger partial charge in [-0.25, -0.2) is 0 Å². The highest BCUT2D eigenvalue weighted by Gasteiger charge is 2.48. The standard InChI is InChI=1S/C13H24O/c1-11(2,3)10-12-4-7-13(14,8-5-12)9-6-12/h14H,4-10H2,1-3H3. The van der Waals surface area contributed by atoms with E-state index in [1.54, 1.807) is 0 Å². The number of aliphatic hydroxyl groups is 1. The van der Waals surface area contributed by atoms with Crippen molar-refractivity contribution in [2.75, 3.05) is 0 Å². The lowest BCUT2D eigenvalue weighted by Gasteiger charge is -2.53. The molecule has 0 aliphatic heterocycles. The summed E-state index contributed by atoms with van der Waals surface area (Å²) in [6.45, 7) is 7.03. The van der Waals surface area contributed by atoms with Crippen LogP contribution in [0, 0.1) is 10.8 Å². The van der Waals surface area contributed by atoms with Crippen molar-refractivity contribution in [1.82, 2.24) is 0 Å². The highest BCUT2D eigenvalue weighted by Crippen LogP contribution is 2.56. The topological polar surface area (TPSA) is 20.2 Å². The zero-order valence-corrected chi connectivity index (χ0v) is 9.90. The van der Waals surface area contributed by atoms with E-state index in [2.05, 4.69) is 20.8 Å². The van der Waals surface area contributed by atoms with Crippen molar-refractivity contribution in [2.24, 2.45) is 10.8 Å². The van der Waals surface area contributed by atoms with Gasteiger partial charge in [-0.15, -0.1) is 0 Å². The van der Waals surface area contributed by atoms with Crippen LogP contribution in [0.3, 0.4) is 0 Å². The van der Waals surface area contributed by atoms with Gasteiger partial charge in [0.2, 0.25) is 0 Å². The molecule has 0 aromatic rings. The van der Waals surface area contributed by atoms with Crippen LogP contribution in [-0.4, -0.2) is 10.7 Å². The molecule has 3 aliphatic rings. The van der Waals surface area contributed by atoms with Crippen LogP contribution in [0.25, 0.3) is 0 Å². The van der Waals surface area contributed by atoms with Gasteiger partial charge in [0.1, 0.15) is 0 Å². The summed E-state index contributed by atoms with van der Waals surface area (Å²) in [7, 11) is 0. The Labute approximate surface area is 87.9 Å². The first kappa shape index (κ1) is 10.5. The largest absolute Gasteiger partial charge is 0.390 e. The molecule has 3 rings (SSSR count). The van der Waals surface area contributed by atoms with Crippen molar-refractivity contribution in [3.63, 3.8) is 0 Å². The maximum absolute atomic E-state index is 10.1. The van der Waals surface area contributed by atoms with E-state index in [4.69, 9.17) is 0 Å². The number of hydrogen-bond donors (Lipinski definition) is 1. The molecular weight excluding hydrogens is 172 g/mol. The summed E-state index contributed by atoms with van der Waals surface area (Å²) in [6.07, 6.45) is 8.31. The third-order valence-corrected chi connectivity index (χ3v) is 4.27. The Balaban J connectivity index is 2.05. The number of fused-ring (bicyclic) bond motifs is 3. The molecule has 0 unspecified atom stereocenters. The fourth-order valence-electron chi connectivity index (χ4n) is 3.63. The van der Waals surface area contributed by atoms with Gasteiger partial charge >= 0.3 is 0 Å². The van der Waals surface area contributed by atoms with Crippen LogP contribution in [-0.2, 0) is 0 Å². The molecule has 0 radical (unpaired) electrons. The second-order valence-electron chi connectivity index (χ2n) is 6.96. The molecule has 2 bridgehead atoms. The van der Waals surface area contributed by atoms with E-state index in [-0.39, 0.29) is 5.60 Å². The molecule has 0 amide bonds. The minimum absolute atomic E-state index is 0.264. The van der Waals surface area contributed by atoms with Crippen LogP contribution in [0.1, 0.15) is 65.7 Å². The molecule has 3 aliphatic carbocycles. The fraction of sp³-hybridized carbons (Fsp3) is 1.00. The summed E-state index contributed by atoms with van der Waals surface area (Å²) >= 11 is 0. The van der Waals surface area contributed by atoms with Gasteiger partial charge in [0.25, 0.3) is 0 Å². The van der Waals surface area contributed by atoms with Gasteiger partial charge in [-0.3, -0.25) is 0 Å². The molecular formula is C13H24O. The number of hydrogen-bond acceptors (Lipinski definition) is 1. The van der Waals surface area contributed by atoms with Crippen LogP contribution in [0.4, 0.5) is 0 Å². The van der Waals surface area contributed by atoms with E-state index >= 15 is 0 Å². The van der Waals surface area contributed by atoms with Gasteiger partial charge in [0.15, 0.2) is 0 Å². The molecule has 3 fully saturated rings. The van der Waals surface area contributed by atoms with Gasteiger partial charge in [-0.2, -0.15) is 0 Å². The van der Waals surface area contributed by atoms with Gasteiger partial charge in [0, 0.05) is 0 Å². The molecule has 0 atom stereocenters. The summed E-state index contributed by atoms with van der Waals surface area (Å²) < 4.78 is 0. The van der Waals surface area contributed by atoms with Crippen LogP contribution < -0.4 is 0 Å². The quantitative estimate of drug-likeness (QED) is 0.680. The lowest BCUT2D eigenvalue weighted by Crippen LogP contribution is -2.47. The predicted octanol–water partition coefficient (Wildman–Crippen LogP) is 3.51. The average Bonchev–Trinajstić information content (AvgIpc) is 2.05. The zero-order chi connectivity index (χ0) is 10.4. The average molecular weight is 196 g/mol. The fourth-order valence-corrected chi connectivity index (χ4v) is 3.63. The zero-order valence-electron chi connectivity index (χ0n) is 9.90. The molecule has 3 saturated carbocycles. The van der Waals surface area contributed by atoms with E-state index in [1.165, 1.54) is 25.7 Å². The summed E-state index contributed by atoms with van der Waals surface area (Å²) in [4.78, 5) is 0. The third kappa shape index (κ3) is 1.98. The first-order chi connectivity index (χ1) is 6.33. The van der Waals surface area contributed by atoms with Crippen LogP contribution in [0.2, 0.25) is 0 Å². The molecule has 1 heteroatoms. The second kappa shape index (κ2) is 2.98. The maximum Gasteiger partial charge on any atom is 0.0648 e. The summed E-state index contributed by atoms with van der Waals surface area (Å²) in [5.41, 5.74) is 0.773. The van der Waals surface area contributed by atoms with Crippen LogP contribution in [0.15, 0.2) is 0 Å². The minimum Gasteiger partial charge on any atom is -0.390 e. The van der Waals surface area contributed by atoms with Crippen LogP contribution >= 0.6 is 0 Å². The van der Waals surface area contributed by atoms with Crippen molar-refractivity contribution >= 4 is 0 Å². The summed E-state index contributed by atoms with van der Waals surface area (Å²) in [5.74, 6) is 0. The lowest BCUT2D eigenvalue weighted by molar-refractivity contribution is -0.103. The second-order valence-corrected chi connectivity index (χ2v) is 6.96. The molecule has 0 spiro atoms. The minimum atomic E-state index is -0.264. The molecule has 1 nitrogen and oxygen atoms in total. The van der Waals surface area contributed by atoms with E-state index < -0.39 is 0 Å². The first-order valence-corrected chi connectivity index (χ1v) is 6.05. The Morgan fingerprint density at radius 3 is 1.71 bits per heavy atom. The Kier molecular flexibility index (Phi) is 2.23. The van der Waals surface area contributed by atoms with Gasteiger partial charge in [-0.1, -0.05) is 20.8 Å². The molecule has 1 N–H and O–H groups in total. The first-order valence-electron chi connectivity index (χ1n) is 6.05. The Hall–Kier alpha value is -0.0400. The summed E-state index contributed by atoms with van der Waals surface area (Å²) in [6, 6.07) is 0. The molecule has 0 aromatic heterocycles. The van der Waals surface area contributed by atoms with Crippen molar-refractivity contribution in [3.8, 4) is 0 Å². The van der Waals surface area contributed by atoms with Gasteiger partial charge in [-0.05, 0) is 55.8 Å². The Bertz CT molecular complexity index is 199. The Morgan fingerprint density at radius 2 is 1.36 bits per heavy atom. The SMILES string of the molecule is CC(C)(C)CC12CCC(O)(CC1)CC2. The predicted molar refractivity (Wildman–Crippen MR) is 59.2 cm³/mol. The van der Waals surface area contributed by atoms with E-state index in [1.807, 2.05) is 0 Å². The molecule has 0 saturated heterocycles. The molecule has 82 valence electrons. The van der Waals surface area contributed by atoms with E-state index in [0.717, 1.165) is 19.3 Å². The Morgan fingerprint density at radius 1 is 0.929 bits per heavy atom. The van der Waals surface area contributed by atoms with E-state index in [0.29, 0.717) is 10.8 Å². The van der Waals surface area contributed by atoms with E-state index in [9.17, 15) is 5.11 Å². The highest BCUT2D eigenvalue weighted by molar-refractivity contribution is 5.00. The molecule has 0 aromatic carbocycles.